The van der Waals surface area contributed by atoms with Gasteiger partial charge in [0.05, 0.1) is 29.8 Å². The Hall–Kier alpha value is -2.52. The van der Waals surface area contributed by atoms with Crippen LogP contribution in [0.15, 0.2) is 59.5 Å². The number of halogens is 2. The third-order valence-corrected chi connectivity index (χ3v) is 8.98. The molecular weight excluding hydrogens is 500 g/mol. The van der Waals surface area contributed by atoms with Crippen LogP contribution in [-0.2, 0) is 28.2 Å². The molecule has 1 aliphatic carbocycles. The molecule has 13 heteroatoms. The summed E-state index contributed by atoms with van der Waals surface area (Å²) in [6.07, 6.45) is 4.47. The minimum atomic E-state index is -3.54. The first-order valence-electron chi connectivity index (χ1n) is 12.9. The quantitative estimate of drug-likeness (QED) is 0.391. The highest BCUT2D eigenvalue weighted by Gasteiger charge is 2.38. The molecule has 0 aliphatic heterocycles. The maximum Gasteiger partial charge on any atom is 0.253 e. The molecule has 1 N–H and O–H groups in total. The van der Waals surface area contributed by atoms with Crippen LogP contribution in [0.4, 0.5) is 8.78 Å². The van der Waals surface area contributed by atoms with Gasteiger partial charge in [-0.25, -0.2) is 21.9 Å². The molecule has 2 atom stereocenters. The van der Waals surface area contributed by atoms with Crippen molar-refractivity contribution in [2.75, 3.05) is 6.26 Å². The number of sulfonamides is 1. The predicted molar refractivity (Wildman–Crippen MR) is 162 cm³/mol. The van der Waals surface area contributed by atoms with E-state index in [1.54, 1.807) is 22.8 Å². The summed E-state index contributed by atoms with van der Waals surface area (Å²) in [6.45, 7) is 0. The molecule has 5 nitrogen and oxygen atoms in total. The Bertz CT molecular complexity index is 1540. The van der Waals surface area contributed by atoms with E-state index in [4.69, 9.17) is 0 Å². The molecule has 1 aliphatic rings. The number of fused-ring (bicyclic) bond motifs is 1. The van der Waals surface area contributed by atoms with Crippen LogP contribution >= 0.6 is 0 Å². The molecule has 1 heterocycles. The van der Waals surface area contributed by atoms with Gasteiger partial charge < -0.3 is 4.57 Å². The normalized spacial score (nSPS) is 18.2. The largest absolute Gasteiger partial charge is 0.327 e. The van der Waals surface area contributed by atoms with E-state index < -0.39 is 39.0 Å². The van der Waals surface area contributed by atoms with Crippen LogP contribution in [0, 0.1) is 11.6 Å². The van der Waals surface area contributed by atoms with Crippen molar-refractivity contribution >= 4 is 49.3 Å². The zero-order chi connectivity index (χ0) is 28.0. The molecule has 4 rings (SSSR count). The van der Waals surface area contributed by atoms with Gasteiger partial charge >= 0.3 is 0 Å². The first-order chi connectivity index (χ1) is 17.6. The zero-order valence-electron chi connectivity index (χ0n) is 22.8. The molecule has 0 amide bonds. The minimum absolute atomic E-state index is 0.125. The molecule has 2 aromatic carbocycles. The molecular formula is C25H31B5F2N2O3S. The Morgan fingerprint density at radius 2 is 1.74 bits per heavy atom. The van der Waals surface area contributed by atoms with Crippen molar-refractivity contribution in [2.24, 2.45) is 0 Å². The third kappa shape index (κ3) is 5.59. The number of benzene rings is 2. The molecule has 0 radical (unpaired) electrons. The van der Waals surface area contributed by atoms with E-state index in [0.717, 1.165) is 23.4 Å². The fourth-order valence-electron chi connectivity index (χ4n) is 5.23. The van der Waals surface area contributed by atoms with E-state index in [1.807, 2.05) is 34.0 Å². The van der Waals surface area contributed by atoms with E-state index >= 15 is 0 Å². The van der Waals surface area contributed by atoms with Gasteiger partial charge in [0.15, 0.2) is 11.6 Å². The second-order valence-corrected chi connectivity index (χ2v) is 13.7. The van der Waals surface area contributed by atoms with Crippen LogP contribution < -0.4 is 10.3 Å². The summed E-state index contributed by atoms with van der Waals surface area (Å²) in [5, 5.41) is -0.724. The average molecular weight is 532 g/mol. The Labute approximate surface area is 227 Å². The van der Waals surface area contributed by atoms with Gasteiger partial charge in [-0.3, -0.25) is 4.79 Å². The Morgan fingerprint density at radius 3 is 2.39 bits per heavy atom. The van der Waals surface area contributed by atoms with Crippen molar-refractivity contribution in [2.45, 2.75) is 41.7 Å². The van der Waals surface area contributed by atoms with Crippen LogP contribution in [0.25, 0.3) is 11.1 Å². The number of hydrogen-bond acceptors (Lipinski definition) is 3. The molecule has 2 unspecified atom stereocenters. The number of rotatable bonds is 7. The van der Waals surface area contributed by atoms with E-state index in [1.165, 1.54) is 12.1 Å². The van der Waals surface area contributed by atoms with E-state index in [2.05, 4.69) is 28.3 Å². The lowest BCUT2D eigenvalue weighted by molar-refractivity contribution is 0.420. The molecule has 0 saturated carbocycles. The summed E-state index contributed by atoms with van der Waals surface area (Å²) >= 11 is 0. The van der Waals surface area contributed by atoms with Crippen molar-refractivity contribution in [1.82, 2.24) is 9.29 Å². The topological polar surface area (TPSA) is 68.2 Å². The number of aryl methyl sites for hydroxylation is 1. The number of nitrogens with zero attached hydrogens (tertiary/aromatic N) is 1. The third-order valence-electron chi connectivity index (χ3n) is 8.25. The molecule has 0 bridgehead atoms. The molecule has 0 fully saturated rings. The number of nitrogens with one attached hydrogen (secondary N) is 1. The molecule has 194 valence electrons. The number of pyridine rings is 1. The summed E-state index contributed by atoms with van der Waals surface area (Å²) in [4.78, 5) is 14.1. The SMILES string of the molecule is BC(B)(B)C(B)(B)n1ccc2c(c1=O)C(Cc1cccc(-c3cccc(F)c3F)c1)C(NS(C)(=O)=O)CC2. The van der Waals surface area contributed by atoms with Gasteiger partial charge in [0.1, 0.15) is 15.7 Å². The average Bonchev–Trinajstić information content (AvgIpc) is 2.81. The first kappa shape index (κ1) is 28.5. The van der Waals surface area contributed by atoms with Crippen LogP contribution in [0.5, 0.6) is 0 Å². The smallest absolute Gasteiger partial charge is 0.253 e. The van der Waals surface area contributed by atoms with Crippen molar-refractivity contribution < 1.29 is 17.2 Å². The van der Waals surface area contributed by atoms with Gasteiger partial charge in [-0.05, 0) is 53.4 Å². The summed E-state index contributed by atoms with van der Waals surface area (Å²) in [7, 11) is 6.78. The van der Waals surface area contributed by atoms with E-state index in [0.29, 0.717) is 30.4 Å². The van der Waals surface area contributed by atoms with Crippen LogP contribution in [-0.4, -0.2) is 64.5 Å². The van der Waals surface area contributed by atoms with Gasteiger partial charge in [-0.2, -0.15) is 0 Å². The fourth-order valence-corrected chi connectivity index (χ4v) is 6.06. The Kier molecular flexibility index (Phi) is 7.67. The lowest BCUT2D eigenvalue weighted by Crippen LogP contribution is -2.54. The highest BCUT2D eigenvalue weighted by atomic mass is 32.2. The maximum atomic E-state index is 14.5. The second-order valence-electron chi connectivity index (χ2n) is 11.9. The lowest BCUT2D eigenvalue weighted by atomic mass is 9.26. The van der Waals surface area contributed by atoms with E-state index in [-0.39, 0.29) is 16.2 Å². The van der Waals surface area contributed by atoms with Crippen LogP contribution in [0.1, 0.15) is 29.0 Å². The van der Waals surface area contributed by atoms with Crippen molar-refractivity contribution in [3.8, 4) is 11.1 Å². The summed E-state index contributed by atoms with van der Waals surface area (Å²) in [5.74, 6) is -2.28. The fraction of sp³-hybridized carbons (Fsp3) is 0.320. The van der Waals surface area contributed by atoms with Gasteiger partial charge in [-0.1, -0.05) is 36.4 Å². The second kappa shape index (κ2) is 10.2. The molecule has 1 aromatic heterocycles. The summed E-state index contributed by atoms with van der Waals surface area (Å²) < 4.78 is 57.5. The maximum absolute atomic E-state index is 14.5. The monoisotopic (exact) mass is 532 g/mol. The van der Waals surface area contributed by atoms with Gasteiger partial charge in [0.2, 0.25) is 10.0 Å². The number of hydrogen-bond donors (Lipinski definition) is 1. The van der Waals surface area contributed by atoms with Gasteiger partial charge in [0, 0.05) is 29.3 Å². The lowest BCUT2D eigenvalue weighted by Gasteiger charge is -2.43. The van der Waals surface area contributed by atoms with E-state index in [9.17, 15) is 22.0 Å². The van der Waals surface area contributed by atoms with Gasteiger partial charge in [0.25, 0.3) is 5.56 Å². The highest BCUT2D eigenvalue weighted by molar-refractivity contribution is 7.88. The summed E-state index contributed by atoms with van der Waals surface area (Å²) in [5.41, 5.74) is 2.87. The Balaban J connectivity index is 1.84. The van der Waals surface area contributed by atoms with Gasteiger partial charge in [-0.15, -0.1) is 5.11 Å². The van der Waals surface area contributed by atoms with Crippen LogP contribution in [0.2, 0.25) is 5.11 Å². The standard InChI is InChI=1S/C25H31B5F2N2O3S/c1-38(36,37)33-20-9-8-15-10-11-34(25(29,30)24(26,27)28)23(35)21(15)18(20)13-14-4-2-5-16(12-14)17-6-3-7-19(31)22(17)32/h2-7,10-12,18,20,33H,8-9,13,26-30H2,1H3. The molecule has 0 spiro atoms. The Morgan fingerprint density at radius 1 is 1.05 bits per heavy atom. The molecule has 0 saturated heterocycles. The molecule has 38 heavy (non-hydrogen) atoms. The zero-order valence-corrected chi connectivity index (χ0v) is 23.6. The first-order valence-corrected chi connectivity index (χ1v) is 14.7. The minimum Gasteiger partial charge on any atom is -0.327 e. The summed E-state index contributed by atoms with van der Waals surface area (Å²) in [6, 6.07) is 12.7. The van der Waals surface area contributed by atoms with Crippen molar-refractivity contribution in [1.29, 1.82) is 0 Å². The molecule has 3 aromatic rings. The highest BCUT2D eigenvalue weighted by Crippen LogP contribution is 2.36. The number of aromatic nitrogens is 1. The van der Waals surface area contributed by atoms with Crippen molar-refractivity contribution in [3.63, 3.8) is 0 Å². The van der Waals surface area contributed by atoms with Crippen molar-refractivity contribution in [3.05, 3.63) is 93.4 Å². The van der Waals surface area contributed by atoms with Crippen LogP contribution in [0.3, 0.4) is 0 Å². The predicted octanol–water partition coefficient (Wildman–Crippen LogP) is -1.17.